The van der Waals surface area contributed by atoms with Gasteiger partial charge in [-0.1, -0.05) is 23.7 Å². The lowest BCUT2D eigenvalue weighted by Gasteiger charge is -2.16. The Bertz CT molecular complexity index is 485. The van der Waals surface area contributed by atoms with Gasteiger partial charge in [0.1, 0.15) is 5.54 Å². The van der Waals surface area contributed by atoms with Gasteiger partial charge in [0.25, 0.3) is 5.91 Å². The van der Waals surface area contributed by atoms with Crippen LogP contribution >= 0.6 is 11.6 Å². The molecule has 0 aliphatic carbocycles. The minimum atomic E-state index is -0.824. The molecule has 1 heterocycles. The van der Waals surface area contributed by atoms with E-state index in [9.17, 15) is 9.59 Å². The van der Waals surface area contributed by atoms with Crippen molar-refractivity contribution in [3.63, 3.8) is 0 Å². The maximum Gasteiger partial charge on any atom is 0.325 e. The summed E-state index contributed by atoms with van der Waals surface area (Å²) in [6, 6.07) is 6.76. The standard InChI is InChI=1S/C12H13ClN2O2/c1-12(2)10(16)15(11(17)14-12)7-8-4-3-5-9(13)6-8/h3-6H,7H2,1-2H3,(H,14,17). The fraction of sp³-hybridized carbons (Fsp3) is 0.333. The largest absolute Gasteiger partial charge is 0.325 e. The van der Waals surface area contributed by atoms with Crippen LogP contribution in [-0.4, -0.2) is 22.4 Å². The van der Waals surface area contributed by atoms with Crippen LogP contribution in [0.25, 0.3) is 0 Å². The van der Waals surface area contributed by atoms with Crippen LogP contribution in [0.2, 0.25) is 5.02 Å². The van der Waals surface area contributed by atoms with Crippen molar-refractivity contribution in [2.75, 3.05) is 0 Å². The Morgan fingerprint density at radius 2 is 2.06 bits per heavy atom. The summed E-state index contributed by atoms with van der Waals surface area (Å²) in [6.07, 6.45) is 0. The number of urea groups is 1. The number of halogens is 1. The Morgan fingerprint density at radius 1 is 1.35 bits per heavy atom. The molecule has 2 rings (SSSR count). The second-order valence-electron chi connectivity index (χ2n) is 4.58. The molecule has 90 valence electrons. The summed E-state index contributed by atoms with van der Waals surface area (Å²) >= 11 is 5.86. The maximum absolute atomic E-state index is 11.9. The summed E-state index contributed by atoms with van der Waals surface area (Å²) in [5.74, 6) is -0.220. The molecular formula is C12H13ClN2O2. The molecule has 0 unspecified atom stereocenters. The minimum Gasteiger partial charge on any atom is -0.324 e. The van der Waals surface area contributed by atoms with Crippen LogP contribution in [0.4, 0.5) is 4.79 Å². The van der Waals surface area contributed by atoms with E-state index in [4.69, 9.17) is 11.6 Å². The number of benzene rings is 1. The zero-order valence-corrected chi connectivity index (χ0v) is 10.4. The molecule has 0 spiro atoms. The zero-order valence-electron chi connectivity index (χ0n) is 9.66. The fourth-order valence-corrected chi connectivity index (χ4v) is 1.99. The molecule has 0 saturated carbocycles. The van der Waals surface area contributed by atoms with Gasteiger partial charge in [-0.15, -0.1) is 0 Å². The van der Waals surface area contributed by atoms with Crippen molar-refractivity contribution in [3.8, 4) is 0 Å². The molecule has 1 saturated heterocycles. The van der Waals surface area contributed by atoms with Crippen molar-refractivity contribution >= 4 is 23.5 Å². The molecule has 17 heavy (non-hydrogen) atoms. The second-order valence-corrected chi connectivity index (χ2v) is 5.01. The van der Waals surface area contributed by atoms with E-state index in [0.29, 0.717) is 5.02 Å². The van der Waals surface area contributed by atoms with E-state index >= 15 is 0 Å². The molecule has 1 N–H and O–H groups in total. The average molecular weight is 253 g/mol. The van der Waals surface area contributed by atoms with E-state index in [1.807, 2.05) is 6.07 Å². The van der Waals surface area contributed by atoms with Gasteiger partial charge >= 0.3 is 6.03 Å². The first-order valence-corrected chi connectivity index (χ1v) is 5.66. The fourth-order valence-electron chi connectivity index (χ4n) is 1.78. The molecule has 1 aromatic carbocycles. The average Bonchev–Trinajstić information content (AvgIpc) is 2.41. The Morgan fingerprint density at radius 3 is 2.59 bits per heavy atom. The monoisotopic (exact) mass is 252 g/mol. The van der Waals surface area contributed by atoms with Crippen LogP contribution in [0.1, 0.15) is 19.4 Å². The first-order valence-electron chi connectivity index (χ1n) is 5.29. The van der Waals surface area contributed by atoms with Crippen molar-refractivity contribution < 1.29 is 9.59 Å². The number of hydrogen-bond donors (Lipinski definition) is 1. The number of nitrogens with one attached hydrogen (secondary N) is 1. The molecule has 3 amide bonds. The van der Waals surface area contributed by atoms with Crippen LogP contribution in [0.3, 0.4) is 0 Å². The Kier molecular flexibility index (Phi) is 2.83. The first kappa shape index (κ1) is 11.9. The highest BCUT2D eigenvalue weighted by Gasteiger charge is 2.43. The molecule has 4 nitrogen and oxygen atoms in total. The molecule has 0 bridgehead atoms. The number of amides is 3. The van der Waals surface area contributed by atoms with Crippen LogP contribution in [-0.2, 0) is 11.3 Å². The van der Waals surface area contributed by atoms with Gasteiger partial charge in [0.05, 0.1) is 6.54 Å². The molecule has 5 heteroatoms. The normalized spacial score (nSPS) is 18.4. The van der Waals surface area contributed by atoms with Gasteiger partial charge in [0.15, 0.2) is 0 Å². The maximum atomic E-state index is 11.9. The highest BCUT2D eigenvalue weighted by molar-refractivity contribution is 6.30. The third-order valence-corrected chi connectivity index (χ3v) is 2.91. The lowest BCUT2D eigenvalue weighted by atomic mass is 10.1. The second kappa shape index (κ2) is 4.04. The number of carbonyl (C=O) groups is 2. The van der Waals surface area contributed by atoms with E-state index in [1.165, 1.54) is 4.90 Å². The van der Waals surface area contributed by atoms with Gasteiger partial charge in [-0.05, 0) is 31.5 Å². The summed E-state index contributed by atoms with van der Waals surface area (Å²) in [4.78, 5) is 24.8. The molecule has 0 radical (unpaired) electrons. The van der Waals surface area contributed by atoms with Crippen LogP contribution < -0.4 is 5.32 Å². The number of nitrogens with zero attached hydrogens (tertiary/aromatic N) is 1. The number of imide groups is 1. The van der Waals surface area contributed by atoms with Gasteiger partial charge in [-0.3, -0.25) is 9.69 Å². The summed E-state index contributed by atoms with van der Waals surface area (Å²) in [7, 11) is 0. The Balaban J connectivity index is 2.20. The Hall–Kier alpha value is -1.55. The lowest BCUT2D eigenvalue weighted by molar-refractivity contribution is -0.130. The molecule has 0 aromatic heterocycles. The predicted octanol–water partition coefficient (Wildman–Crippen LogP) is 2.17. The van der Waals surface area contributed by atoms with Crippen molar-refractivity contribution in [1.82, 2.24) is 10.2 Å². The number of hydrogen-bond acceptors (Lipinski definition) is 2. The van der Waals surface area contributed by atoms with Crippen molar-refractivity contribution in [2.45, 2.75) is 25.9 Å². The van der Waals surface area contributed by atoms with Gasteiger partial charge in [-0.2, -0.15) is 0 Å². The third-order valence-electron chi connectivity index (χ3n) is 2.67. The highest BCUT2D eigenvalue weighted by Crippen LogP contribution is 2.20. The minimum absolute atomic E-state index is 0.220. The van der Waals surface area contributed by atoms with E-state index in [0.717, 1.165) is 5.56 Å². The number of rotatable bonds is 2. The summed E-state index contributed by atoms with van der Waals surface area (Å²) in [5.41, 5.74) is 0.00838. The van der Waals surface area contributed by atoms with Gasteiger partial charge in [-0.25, -0.2) is 4.79 Å². The smallest absolute Gasteiger partial charge is 0.324 e. The van der Waals surface area contributed by atoms with Crippen molar-refractivity contribution in [2.24, 2.45) is 0 Å². The van der Waals surface area contributed by atoms with Crippen LogP contribution in [0.5, 0.6) is 0 Å². The molecule has 0 atom stereocenters. The van der Waals surface area contributed by atoms with Gasteiger partial charge < -0.3 is 5.32 Å². The predicted molar refractivity (Wildman–Crippen MR) is 64.6 cm³/mol. The summed E-state index contributed by atoms with van der Waals surface area (Å²) < 4.78 is 0. The van der Waals surface area contributed by atoms with Gasteiger partial charge in [0, 0.05) is 5.02 Å². The van der Waals surface area contributed by atoms with Gasteiger partial charge in [0.2, 0.25) is 0 Å². The quantitative estimate of drug-likeness (QED) is 0.820. The van der Waals surface area contributed by atoms with Crippen molar-refractivity contribution in [1.29, 1.82) is 0 Å². The zero-order chi connectivity index (χ0) is 12.6. The van der Waals surface area contributed by atoms with E-state index < -0.39 is 5.54 Å². The van der Waals surface area contributed by atoms with Crippen LogP contribution in [0, 0.1) is 0 Å². The van der Waals surface area contributed by atoms with E-state index in [-0.39, 0.29) is 18.5 Å². The molecule has 1 aromatic rings. The summed E-state index contributed by atoms with van der Waals surface area (Å²) in [6.45, 7) is 3.62. The Labute approximate surface area is 105 Å². The number of carbonyl (C=O) groups excluding carboxylic acids is 2. The van der Waals surface area contributed by atoms with E-state index in [2.05, 4.69) is 5.32 Å². The molecule has 1 aliphatic rings. The molecule has 1 fully saturated rings. The topological polar surface area (TPSA) is 49.4 Å². The van der Waals surface area contributed by atoms with Crippen molar-refractivity contribution in [3.05, 3.63) is 34.9 Å². The lowest BCUT2D eigenvalue weighted by Crippen LogP contribution is -2.40. The molecule has 1 aliphatic heterocycles. The first-order chi connectivity index (χ1) is 7.90. The molecular weight excluding hydrogens is 240 g/mol. The highest BCUT2D eigenvalue weighted by atomic mass is 35.5. The van der Waals surface area contributed by atoms with E-state index in [1.54, 1.807) is 32.0 Å². The SMILES string of the molecule is CC1(C)NC(=O)N(Cc2cccc(Cl)c2)C1=O. The third kappa shape index (κ3) is 2.26. The summed E-state index contributed by atoms with van der Waals surface area (Å²) in [5, 5.41) is 3.22. The van der Waals surface area contributed by atoms with Crippen LogP contribution in [0.15, 0.2) is 24.3 Å².